The second-order valence-electron chi connectivity index (χ2n) is 5.03. The summed E-state index contributed by atoms with van der Waals surface area (Å²) in [5.74, 6) is -0.269. The number of hydrogen-bond acceptors (Lipinski definition) is 2. The van der Waals surface area contributed by atoms with Gasteiger partial charge in [0.25, 0.3) is 0 Å². The molecule has 0 heterocycles. The van der Waals surface area contributed by atoms with Gasteiger partial charge in [-0.2, -0.15) is 0 Å². The smallest absolute Gasteiger partial charge is 0.339 e. The molecule has 2 rings (SSSR count). The summed E-state index contributed by atoms with van der Waals surface area (Å²) in [6, 6.07) is 13.5. The highest BCUT2D eigenvalue weighted by Gasteiger charge is 2.19. The number of carbonyl (C=O) groups is 1. The summed E-state index contributed by atoms with van der Waals surface area (Å²) in [6.07, 6.45) is 0. The average Bonchev–Trinajstić information content (AvgIpc) is 2.26. The highest BCUT2D eigenvalue weighted by Crippen LogP contribution is 2.21. The number of hydrogen-bond donors (Lipinski definition) is 0. The molecule has 0 spiro atoms. The lowest BCUT2D eigenvalue weighted by Crippen LogP contribution is -2.24. The number of esters is 1. The van der Waals surface area contributed by atoms with Crippen LogP contribution in [0, 0.1) is 0 Å². The fourth-order valence-corrected chi connectivity index (χ4v) is 1.74. The van der Waals surface area contributed by atoms with Crippen molar-refractivity contribution in [2.24, 2.45) is 0 Å². The van der Waals surface area contributed by atoms with Gasteiger partial charge in [0.1, 0.15) is 5.60 Å². The van der Waals surface area contributed by atoms with E-state index in [1.807, 2.05) is 57.2 Å². The van der Waals surface area contributed by atoms with Crippen molar-refractivity contribution < 1.29 is 9.53 Å². The van der Waals surface area contributed by atoms with E-state index in [9.17, 15) is 4.79 Å². The highest BCUT2D eigenvalue weighted by atomic mass is 16.6. The van der Waals surface area contributed by atoms with Crippen LogP contribution in [0.4, 0.5) is 0 Å². The molecule has 0 radical (unpaired) electrons. The van der Waals surface area contributed by atoms with Gasteiger partial charge < -0.3 is 4.74 Å². The SMILES string of the molecule is CC(C)(C)OC(=O)c1cccc2ccccc12. The summed E-state index contributed by atoms with van der Waals surface area (Å²) in [4.78, 5) is 12.1. The Morgan fingerprint density at radius 3 is 2.35 bits per heavy atom. The van der Waals surface area contributed by atoms with Crippen LogP contribution >= 0.6 is 0 Å². The molecule has 0 bridgehead atoms. The van der Waals surface area contributed by atoms with E-state index in [1.165, 1.54) is 0 Å². The van der Waals surface area contributed by atoms with E-state index in [0.29, 0.717) is 5.56 Å². The Morgan fingerprint density at radius 1 is 1.00 bits per heavy atom. The quantitative estimate of drug-likeness (QED) is 0.694. The Morgan fingerprint density at radius 2 is 1.65 bits per heavy atom. The molecule has 0 fully saturated rings. The first-order chi connectivity index (χ1) is 7.97. The minimum Gasteiger partial charge on any atom is -0.456 e. The van der Waals surface area contributed by atoms with Gasteiger partial charge in [0.05, 0.1) is 5.56 Å². The van der Waals surface area contributed by atoms with Gasteiger partial charge in [-0.25, -0.2) is 4.79 Å². The first-order valence-corrected chi connectivity index (χ1v) is 5.68. The first kappa shape index (κ1) is 11.6. The van der Waals surface area contributed by atoms with Crippen molar-refractivity contribution >= 4 is 16.7 Å². The van der Waals surface area contributed by atoms with Crippen LogP contribution < -0.4 is 0 Å². The lowest BCUT2D eigenvalue weighted by Gasteiger charge is -2.20. The van der Waals surface area contributed by atoms with Crippen molar-refractivity contribution in [3.63, 3.8) is 0 Å². The Labute approximate surface area is 101 Å². The Kier molecular flexibility index (Phi) is 2.88. The molecule has 2 nitrogen and oxygen atoms in total. The molecule has 2 aromatic carbocycles. The zero-order valence-electron chi connectivity index (χ0n) is 10.4. The van der Waals surface area contributed by atoms with Crippen LogP contribution in [0.5, 0.6) is 0 Å². The molecule has 0 saturated carbocycles. The van der Waals surface area contributed by atoms with E-state index < -0.39 is 5.60 Å². The standard InChI is InChI=1S/C15H16O2/c1-15(2,3)17-14(16)13-10-6-8-11-7-4-5-9-12(11)13/h4-10H,1-3H3. The fraction of sp³-hybridized carbons (Fsp3) is 0.267. The molecule has 0 aliphatic rings. The third-order valence-corrected chi connectivity index (χ3v) is 2.41. The third kappa shape index (κ3) is 2.64. The molecule has 0 amide bonds. The molecule has 0 unspecified atom stereocenters. The number of ether oxygens (including phenoxy) is 1. The summed E-state index contributed by atoms with van der Waals surface area (Å²) in [5, 5.41) is 1.99. The topological polar surface area (TPSA) is 26.3 Å². The highest BCUT2D eigenvalue weighted by molar-refractivity contribution is 6.04. The lowest BCUT2D eigenvalue weighted by molar-refractivity contribution is 0.00719. The summed E-state index contributed by atoms with van der Waals surface area (Å²) in [6.45, 7) is 5.61. The van der Waals surface area contributed by atoms with Crippen LogP contribution in [0.3, 0.4) is 0 Å². The second kappa shape index (κ2) is 4.21. The number of carbonyl (C=O) groups excluding carboxylic acids is 1. The number of fused-ring (bicyclic) bond motifs is 1. The van der Waals surface area contributed by atoms with Gasteiger partial charge in [0.15, 0.2) is 0 Å². The van der Waals surface area contributed by atoms with E-state index in [4.69, 9.17) is 4.74 Å². The van der Waals surface area contributed by atoms with E-state index in [1.54, 1.807) is 6.07 Å². The molecular formula is C15H16O2. The van der Waals surface area contributed by atoms with Gasteiger partial charge in [-0.3, -0.25) is 0 Å². The maximum absolute atomic E-state index is 12.1. The van der Waals surface area contributed by atoms with Gasteiger partial charge in [-0.1, -0.05) is 36.4 Å². The van der Waals surface area contributed by atoms with E-state index in [0.717, 1.165) is 10.8 Å². The second-order valence-corrected chi connectivity index (χ2v) is 5.03. The van der Waals surface area contributed by atoms with E-state index >= 15 is 0 Å². The maximum atomic E-state index is 12.1. The van der Waals surface area contributed by atoms with Crippen LogP contribution in [0.2, 0.25) is 0 Å². The first-order valence-electron chi connectivity index (χ1n) is 5.68. The molecule has 0 aliphatic carbocycles. The van der Waals surface area contributed by atoms with Crippen LogP contribution in [0.15, 0.2) is 42.5 Å². The fourth-order valence-electron chi connectivity index (χ4n) is 1.74. The van der Waals surface area contributed by atoms with Crippen molar-refractivity contribution in [1.82, 2.24) is 0 Å². The van der Waals surface area contributed by atoms with Crippen LogP contribution in [-0.2, 0) is 4.74 Å². The van der Waals surface area contributed by atoms with Crippen LogP contribution in [-0.4, -0.2) is 11.6 Å². The summed E-state index contributed by atoms with van der Waals surface area (Å²) in [7, 11) is 0. The third-order valence-electron chi connectivity index (χ3n) is 2.41. The summed E-state index contributed by atoms with van der Waals surface area (Å²) >= 11 is 0. The van der Waals surface area contributed by atoms with Gasteiger partial charge in [0, 0.05) is 0 Å². The largest absolute Gasteiger partial charge is 0.456 e. The molecule has 2 aromatic rings. The van der Waals surface area contributed by atoms with Crippen LogP contribution in [0.1, 0.15) is 31.1 Å². The summed E-state index contributed by atoms with van der Waals surface area (Å²) in [5.41, 5.74) is 0.159. The Bertz CT molecular complexity index is 545. The predicted octanol–water partition coefficient (Wildman–Crippen LogP) is 3.80. The average molecular weight is 228 g/mol. The molecule has 0 aliphatic heterocycles. The predicted molar refractivity (Wildman–Crippen MR) is 69.1 cm³/mol. The molecular weight excluding hydrogens is 212 g/mol. The Balaban J connectivity index is 2.45. The lowest BCUT2D eigenvalue weighted by atomic mass is 10.0. The molecule has 0 aromatic heterocycles. The van der Waals surface area contributed by atoms with Gasteiger partial charge >= 0.3 is 5.97 Å². The van der Waals surface area contributed by atoms with Gasteiger partial charge in [-0.15, -0.1) is 0 Å². The zero-order chi connectivity index (χ0) is 12.5. The summed E-state index contributed by atoms with van der Waals surface area (Å²) < 4.78 is 5.39. The molecule has 2 heteroatoms. The van der Waals surface area contributed by atoms with Crippen molar-refractivity contribution in [2.45, 2.75) is 26.4 Å². The van der Waals surface area contributed by atoms with Gasteiger partial charge in [0.2, 0.25) is 0 Å². The van der Waals surface area contributed by atoms with E-state index in [-0.39, 0.29) is 5.97 Å². The minimum absolute atomic E-state index is 0.269. The van der Waals surface area contributed by atoms with Gasteiger partial charge in [-0.05, 0) is 37.6 Å². The van der Waals surface area contributed by atoms with Crippen molar-refractivity contribution in [3.8, 4) is 0 Å². The van der Waals surface area contributed by atoms with Crippen molar-refractivity contribution in [3.05, 3.63) is 48.0 Å². The number of rotatable bonds is 1. The molecule has 17 heavy (non-hydrogen) atoms. The number of benzene rings is 2. The monoisotopic (exact) mass is 228 g/mol. The molecule has 0 atom stereocenters. The Hall–Kier alpha value is -1.83. The van der Waals surface area contributed by atoms with Crippen LogP contribution in [0.25, 0.3) is 10.8 Å². The van der Waals surface area contributed by atoms with Crippen molar-refractivity contribution in [1.29, 1.82) is 0 Å². The van der Waals surface area contributed by atoms with E-state index in [2.05, 4.69) is 0 Å². The molecule has 0 N–H and O–H groups in total. The van der Waals surface area contributed by atoms with Crippen molar-refractivity contribution in [2.75, 3.05) is 0 Å². The molecule has 88 valence electrons. The molecule has 0 saturated heterocycles. The normalized spacial score (nSPS) is 11.5. The zero-order valence-corrected chi connectivity index (χ0v) is 10.4. The maximum Gasteiger partial charge on any atom is 0.339 e. The minimum atomic E-state index is -0.464.